The Balaban J connectivity index is 2.01. The summed E-state index contributed by atoms with van der Waals surface area (Å²) in [4.78, 5) is 25.0. The first-order valence-corrected chi connectivity index (χ1v) is 6.82. The van der Waals surface area contributed by atoms with Crippen molar-refractivity contribution in [2.45, 2.75) is 26.2 Å². The summed E-state index contributed by atoms with van der Waals surface area (Å²) in [5, 5.41) is 9.41. The first-order valence-electron chi connectivity index (χ1n) is 6.82. The lowest BCUT2D eigenvalue weighted by Crippen LogP contribution is -2.38. The Labute approximate surface area is 118 Å². The van der Waals surface area contributed by atoms with E-state index in [-0.39, 0.29) is 6.54 Å². The van der Waals surface area contributed by atoms with Crippen LogP contribution in [-0.2, 0) is 4.79 Å². The van der Waals surface area contributed by atoms with Gasteiger partial charge in [-0.05, 0) is 25.0 Å². The molecular weight excluding hydrogens is 258 g/mol. The minimum atomic E-state index is -0.825. The first-order chi connectivity index (χ1) is 9.57. The van der Waals surface area contributed by atoms with Crippen LogP contribution in [0.2, 0.25) is 0 Å². The van der Waals surface area contributed by atoms with Gasteiger partial charge in [0.1, 0.15) is 5.75 Å². The molecule has 1 amide bonds. The number of rotatable bonds is 4. The summed E-state index contributed by atoms with van der Waals surface area (Å²) in [6.07, 6.45) is 1.38. The summed E-state index contributed by atoms with van der Waals surface area (Å²) < 4.78 is 5.24. The van der Waals surface area contributed by atoms with Gasteiger partial charge in [0.25, 0.3) is 0 Å². The van der Waals surface area contributed by atoms with E-state index in [1.54, 1.807) is 24.3 Å². The van der Waals surface area contributed by atoms with Gasteiger partial charge in [0.05, 0.1) is 5.41 Å². The Morgan fingerprint density at radius 1 is 1.35 bits per heavy atom. The number of hydrogen-bond donors (Lipinski definition) is 1. The van der Waals surface area contributed by atoms with Crippen molar-refractivity contribution in [3.8, 4) is 5.75 Å². The molecule has 1 unspecified atom stereocenters. The number of amides is 1. The standard InChI is InChI=1S/C15H19NO4/c1-2-8-15(13(17)18)9-10-16(11-15)14(19)20-12-6-4-3-5-7-12/h3-7H,2,8-11H2,1H3,(H,17,18). The van der Waals surface area contributed by atoms with Crippen molar-refractivity contribution in [3.05, 3.63) is 30.3 Å². The zero-order valence-electron chi connectivity index (χ0n) is 11.5. The number of carboxylic acids is 1. The van der Waals surface area contributed by atoms with Crippen LogP contribution in [0.1, 0.15) is 26.2 Å². The highest BCUT2D eigenvalue weighted by molar-refractivity contribution is 5.78. The van der Waals surface area contributed by atoms with Crippen LogP contribution in [-0.4, -0.2) is 35.2 Å². The lowest BCUT2D eigenvalue weighted by molar-refractivity contribution is -0.148. The van der Waals surface area contributed by atoms with E-state index in [1.807, 2.05) is 13.0 Å². The summed E-state index contributed by atoms with van der Waals surface area (Å²) in [6.45, 7) is 2.61. The number of hydrogen-bond acceptors (Lipinski definition) is 3. The van der Waals surface area contributed by atoms with Crippen molar-refractivity contribution >= 4 is 12.1 Å². The maximum atomic E-state index is 12.0. The Kier molecular flexibility index (Phi) is 4.27. The molecule has 1 aromatic rings. The van der Waals surface area contributed by atoms with E-state index >= 15 is 0 Å². The van der Waals surface area contributed by atoms with E-state index in [4.69, 9.17) is 4.74 Å². The maximum absolute atomic E-state index is 12.0. The van der Waals surface area contributed by atoms with Gasteiger partial charge in [0.15, 0.2) is 0 Å². The molecule has 0 aromatic heterocycles. The lowest BCUT2D eigenvalue weighted by atomic mass is 9.83. The Hall–Kier alpha value is -2.04. The van der Waals surface area contributed by atoms with Crippen molar-refractivity contribution < 1.29 is 19.4 Å². The highest BCUT2D eigenvalue weighted by Gasteiger charge is 2.45. The number of nitrogens with zero attached hydrogens (tertiary/aromatic N) is 1. The number of carbonyl (C=O) groups excluding carboxylic acids is 1. The smallest absolute Gasteiger partial charge is 0.415 e. The van der Waals surface area contributed by atoms with Gasteiger partial charge in [0.2, 0.25) is 0 Å². The third-order valence-electron chi connectivity index (χ3n) is 3.74. The number of para-hydroxylation sites is 1. The second-order valence-electron chi connectivity index (χ2n) is 5.19. The van der Waals surface area contributed by atoms with Gasteiger partial charge in [-0.2, -0.15) is 0 Å². The van der Waals surface area contributed by atoms with Gasteiger partial charge < -0.3 is 14.7 Å². The Bertz CT molecular complexity index is 488. The Morgan fingerprint density at radius 2 is 2.05 bits per heavy atom. The third kappa shape index (κ3) is 2.92. The average Bonchev–Trinajstić information content (AvgIpc) is 2.86. The minimum absolute atomic E-state index is 0.224. The van der Waals surface area contributed by atoms with Crippen LogP contribution in [0.25, 0.3) is 0 Å². The summed E-state index contributed by atoms with van der Waals surface area (Å²) in [6, 6.07) is 8.80. The molecule has 1 aliphatic rings. The van der Waals surface area contributed by atoms with Crippen LogP contribution in [0.3, 0.4) is 0 Å². The van der Waals surface area contributed by atoms with Crippen LogP contribution in [0.5, 0.6) is 5.75 Å². The molecular formula is C15H19NO4. The van der Waals surface area contributed by atoms with E-state index in [0.717, 1.165) is 6.42 Å². The molecule has 2 rings (SSSR count). The van der Waals surface area contributed by atoms with Crippen LogP contribution < -0.4 is 4.74 Å². The predicted molar refractivity (Wildman–Crippen MR) is 73.6 cm³/mol. The molecule has 1 fully saturated rings. The number of benzene rings is 1. The van der Waals surface area contributed by atoms with Gasteiger partial charge in [0, 0.05) is 13.1 Å². The number of aliphatic carboxylic acids is 1. The molecule has 0 radical (unpaired) electrons. The molecule has 1 atom stereocenters. The third-order valence-corrected chi connectivity index (χ3v) is 3.74. The number of ether oxygens (including phenoxy) is 1. The van der Waals surface area contributed by atoms with Crippen molar-refractivity contribution in [1.82, 2.24) is 4.90 Å². The SMILES string of the molecule is CCCC1(C(=O)O)CCN(C(=O)Oc2ccccc2)C1. The van der Waals surface area contributed by atoms with Gasteiger partial charge in [-0.3, -0.25) is 4.79 Å². The van der Waals surface area contributed by atoms with Crippen LogP contribution in [0.4, 0.5) is 4.79 Å². The molecule has 0 saturated carbocycles. The Morgan fingerprint density at radius 3 is 2.65 bits per heavy atom. The van der Waals surface area contributed by atoms with Crippen molar-refractivity contribution in [3.63, 3.8) is 0 Å². The number of carboxylic acid groups (broad SMARTS) is 1. The molecule has 1 N–H and O–H groups in total. The van der Waals surface area contributed by atoms with E-state index in [0.29, 0.717) is 25.1 Å². The topological polar surface area (TPSA) is 66.8 Å². The normalized spacial score (nSPS) is 21.8. The van der Waals surface area contributed by atoms with Gasteiger partial charge in [-0.15, -0.1) is 0 Å². The molecule has 0 spiro atoms. The molecule has 20 heavy (non-hydrogen) atoms. The molecule has 1 aliphatic heterocycles. The first kappa shape index (κ1) is 14.4. The highest BCUT2D eigenvalue weighted by Crippen LogP contribution is 2.35. The zero-order chi connectivity index (χ0) is 14.6. The molecule has 0 aliphatic carbocycles. The summed E-state index contributed by atoms with van der Waals surface area (Å²) in [5.74, 6) is -0.352. The highest BCUT2D eigenvalue weighted by atomic mass is 16.6. The van der Waals surface area contributed by atoms with Gasteiger partial charge >= 0.3 is 12.1 Å². The maximum Gasteiger partial charge on any atom is 0.415 e. The fourth-order valence-electron chi connectivity index (χ4n) is 2.65. The summed E-state index contributed by atoms with van der Waals surface area (Å²) in [7, 11) is 0. The fraction of sp³-hybridized carbons (Fsp3) is 0.467. The van der Waals surface area contributed by atoms with Crippen LogP contribution in [0, 0.1) is 5.41 Å². The molecule has 5 nitrogen and oxygen atoms in total. The molecule has 1 saturated heterocycles. The monoisotopic (exact) mass is 277 g/mol. The molecule has 108 valence electrons. The van der Waals surface area contributed by atoms with E-state index < -0.39 is 17.5 Å². The lowest BCUT2D eigenvalue weighted by Gasteiger charge is -2.23. The molecule has 5 heteroatoms. The molecule has 1 aromatic carbocycles. The van der Waals surface area contributed by atoms with Crippen molar-refractivity contribution in [2.24, 2.45) is 5.41 Å². The second kappa shape index (κ2) is 5.94. The quantitative estimate of drug-likeness (QED) is 0.919. The zero-order valence-corrected chi connectivity index (χ0v) is 11.5. The molecule has 1 heterocycles. The second-order valence-corrected chi connectivity index (χ2v) is 5.19. The number of carbonyl (C=O) groups is 2. The molecule has 0 bridgehead atoms. The number of likely N-dealkylation sites (tertiary alicyclic amines) is 1. The summed E-state index contributed by atoms with van der Waals surface area (Å²) >= 11 is 0. The fourth-order valence-corrected chi connectivity index (χ4v) is 2.65. The minimum Gasteiger partial charge on any atom is -0.481 e. The van der Waals surface area contributed by atoms with E-state index in [2.05, 4.69) is 0 Å². The van der Waals surface area contributed by atoms with Crippen LogP contribution >= 0.6 is 0 Å². The summed E-state index contributed by atoms with van der Waals surface area (Å²) in [5.41, 5.74) is -0.815. The van der Waals surface area contributed by atoms with Gasteiger partial charge in [-0.1, -0.05) is 31.5 Å². The van der Waals surface area contributed by atoms with Gasteiger partial charge in [-0.25, -0.2) is 4.79 Å². The van der Waals surface area contributed by atoms with E-state index in [9.17, 15) is 14.7 Å². The van der Waals surface area contributed by atoms with E-state index in [1.165, 1.54) is 4.90 Å². The van der Waals surface area contributed by atoms with Crippen molar-refractivity contribution in [2.75, 3.05) is 13.1 Å². The van der Waals surface area contributed by atoms with Crippen LogP contribution in [0.15, 0.2) is 30.3 Å². The largest absolute Gasteiger partial charge is 0.481 e. The average molecular weight is 277 g/mol. The predicted octanol–water partition coefficient (Wildman–Crippen LogP) is 2.76. The van der Waals surface area contributed by atoms with Crippen molar-refractivity contribution in [1.29, 1.82) is 0 Å².